The Morgan fingerprint density at radius 1 is 0.766 bits per heavy atom. The van der Waals surface area contributed by atoms with Gasteiger partial charge in [0.2, 0.25) is 29.5 Å². The summed E-state index contributed by atoms with van der Waals surface area (Å²) >= 11 is 0. The van der Waals surface area contributed by atoms with Gasteiger partial charge in [-0.25, -0.2) is 9.78 Å². The Kier molecular flexibility index (Phi) is 16.9. The van der Waals surface area contributed by atoms with Crippen LogP contribution in [0.25, 0.3) is 0 Å². The minimum atomic E-state index is -1.36. The number of nitrogens with zero attached hydrogens (tertiary/aromatic N) is 2. The van der Waals surface area contributed by atoms with Crippen molar-refractivity contribution in [3.63, 3.8) is 0 Å². The molecule has 1 aromatic heterocycles. The smallest absolute Gasteiger partial charge is 0.326 e. The van der Waals surface area contributed by atoms with E-state index in [1.165, 1.54) is 29.6 Å². The lowest BCUT2D eigenvalue weighted by Crippen LogP contribution is -2.61. The molecule has 1 aliphatic heterocycles. The average molecular weight is 879 g/mol. The standard InChI is InChI=1S/C47H58N8O9/c1-5-28(4)40(54-42(58)35(51-44(60)39(48)27(2)3)22-30-15-19-34(56)20-16-30)45(61)52-36(24-33-25-49-26-50-33)46(62)55-21-9-12-38(55)43(59)53-37(47(63)64)23-29-13-17-32(18-14-29)41(57)31-10-7-6-8-11-31/h6-8,10-11,13-20,25-28,35-40,56H,5,9,12,21-24,48H2,1-4H3,(H,49,50)(H,51,60)(H,52,61)(H,53,59)(H,54,58)(H,63,64)/t28-,35-,36-,37-,38-,39-,40-/m0/s1. The number of amides is 5. The number of nitrogens with one attached hydrogen (secondary N) is 5. The monoisotopic (exact) mass is 878 g/mol. The van der Waals surface area contributed by atoms with Crippen molar-refractivity contribution in [3.8, 4) is 5.75 Å². The fourth-order valence-corrected chi connectivity index (χ4v) is 7.44. The maximum Gasteiger partial charge on any atom is 0.326 e. The molecular weight excluding hydrogens is 821 g/mol. The average Bonchev–Trinajstić information content (AvgIpc) is 4.01. The maximum atomic E-state index is 14.5. The summed E-state index contributed by atoms with van der Waals surface area (Å²) in [5.74, 6) is -5.33. The number of ketones is 1. The van der Waals surface area contributed by atoms with Crippen LogP contribution in [0.2, 0.25) is 0 Å². The third-order valence-corrected chi connectivity index (χ3v) is 11.6. The molecule has 17 heteroatoms. The van der Waals surface area contributed by atoms with Crippen molar-refractivity contribution in [2.24, 2.45) is 17.6 Å². The molecule has 1 aliphatic rings. The van der Waals surface area contributed by atoms with Crippen molar-refractivity contribution in [1.29, 1.82) is 0 Å². The van der Waals surface area contributed by atoms with E-state index in [0.717, 1.165) is 0 Å². The Hall–Kier alpha value is -6.88. The fourth-order valence-electron chi connectivity index (χ4n) is 7.44. The molecule has 1 saturated heterocycles. The molecule has 3 aromatic carbocycles. The number of aromatic nitrogens is 2. The van der Waals surface area contributed by atoms with Gasteiger partial charge in [0.25, 0.3) is 0 Å². The molecule has 0 saturated carbocycles. The minimum Gasteiger partial charge on any atom is -0.508 e. The topological polar surface area (TPSA) is 266 Å². The first kappa shape index (κ1) is 48.2. The third-order valence-electron chi connectivity index (χ3n) is 11.6. The summed E-state index contributed by atoms with van der Waals surface area (Å²) in [6, 6.07) is 14.4. The number of hydrogen-bond acceptors (Lipinski definition) is 10. The van der Waals surface area contributed by atoms with Crippen LogP contribution in [-0.4, -0.2) is 109 Å². The summed E-state index contributed by atoms with van der Waals surface area (Å²) in [5.41, 5.74) is 8.73. The highest BCUT2D eigenvalue weighted by atomic mass is 16.4. The predicted octanol–water partition coefficient (Wildman–Crippen LogP) is 2.42. The molecule has 0 spiro atoms. The zero-order valence-corrected chi connectivity index (χ0v) is 36.5. The van der Waals surface area contributed by atoms with Gasteiger partial charge in [0.05, 0.1) is 12.4 Å². The van der Waals surface area contributed by atoms with E-state index in [9.17, 15) is 43.8 Å². The maximum absolute atomic E-state index is 14.5. The molecule has 1 fully saturated rings. The Morgan fingerprint density at radius 3 is 1.97 bits per heavy atom. The number of carboxylic acids is 1. The molecule has 340 valence electrons. The lowest BCUT2D eigenvalue weighted by Gasteiger charge is -2.31. The SMILES string of the molecule is CC[C@H](C)[C@H](NC(=O)[C@H](Cc1ccc(O)cc1)NC(=O)[C@@H](N)C(C)C)C(=O)N[C@@H](Cc1cnc[nH]1)C(=O)N1CCC[C@H]1C(=O)N[C@@H](Cc1ccc(C(=O)c2ccccc2)cc1)C(=O)O. The summed E-state index contributed by atoms with van der Waals surface area (Å²) in [6.07, 6.45) is 3.91. The predicted molar refractivity (Wildman–Crippen MR) is 236 cm³/mol. The van der Waals surface area contributed by atoms with Gasteiger partial charge in [-0.15, -0.1) is 0 Å². The van der Waals surface area contributed by atoms with Crippen molar-refractivity contribution in [2.45, 2.75) is 102 Å². The largest absolute Gasteiger partial charge is 0.508 e. The zero-order chi connectivity index (χ0) is 46.5. The van der Waals surface area contributed by atoms with Gasteiger partial charge in [0, 0.05) is 48.8 Å². The van der Waals surface area contributed by atoms with E-state index in [4.69, 9.17) is 5.73 Å². The van der Waals surface area contributed by atoms with Crippen molar-refractivity contribution in [3.05, 3.63) is 119 Å². The van der Waals surface area contributed by atoms with Crippen LogP contribution in [0.4, 0.5) is 0 Å². The molecule has 0 unspecified atom stereocenters. The summed E-state index contributed by atoms with van der Waals surface area (Å²) in [6.45, 7) is 7.29. The molecule has 64 heavy (non-hydrogen) atoms. The molecule has 0 aliphatic carbocycles. The number of benzene rings is 3. The van der Waals surface area contributed by atoms with Crippen LogP contribution in [-0.2, 0) is 48.0 Å². The van der Waals surface area contributed by atoms with Gasteiger partial charge in [-0.2, -0.15) is 0 Å². The van der Waals surface area contributed by atoms with E-state index in [2.05, 4.69) is 31.2 Å². The number of likely N-dealkylation sites (tertiary alicyclic amines) is 1. The highest BCUT2D eigenvalue weighted by molar-refractivity contribution is 6.09. The number of nitrogens with two attached hydrogens (primary N) is 1. The number of aromatic hydroxyl groups is 1. The van der Waals surface area contributed by atoms with E-state index in [-0.39, 0.29) is 49.7 Å². The van der Waals surface area contributed by atoms with Crippen LogP contribution in [0.1, 0.15) is 79.7 Å². The van der Waals surface area contributed by atoms with E-state index >= 15 is 0 Å². The van der Waals surface area contributed by atoms with Crippen LogP contribution in [0.3, 0.4) is 0 Å². The number of carbonyl (C=O) groups is 7. The Morgan fingerprint density at radius 2 is 1.38 bits per heavy atom. The molecule has 5 rings (SSSR count). The van der Waals surface area contributed by atoms with E-state index < -0.39 is 77.7 Å². The molecule has 5 amide bonds. The molecule has 2 heterocycles. The van der Waals surface area contributed by atoms with Gasteiger partial charge in [-0.3, -0.25) is 28.8 Å². The van der Waals surface area contributed by atoms with E-state index in [0.29, 0.717) is 40.8 Å². The number of carboxylic acid groups (broad SMARTS) is 1. The van der Waals surface area contributed by atoms with Crippen molar-refractivity contribution < 1.29 is 43.8 Å². The van der Waals surface area contributed by atoms with Crippen LogP contribution in [0.15, 0.2) is 91.4 Å². The number of aromatic amines is 1. The number of aliphatic carboxylic acids is 1. The van der Waals surface area contributed by atoms with Gasteiger partial charge in [-0.05, 0) is 47.9 Å². The highest BCUT2D eigenvalue weighted by Gasteiger charge is 2.40. The Labute approximate surface area is 372 Å². The van der Waals surface area contributed by atoms with Gasteiger partial charge in [-0.1, -0.05) is 101 Å². The lowest BCUT2D eigenvalue weighted by atomic mass is 9.96. The quantitative estimate of drug-likeness (QED) is 0.0564. The van der Waals surface area contributed by atoms with Crippen molar-refractivity contribution >= 4 is 41.3 Å². The van der Waals surface area contributed by atoms with Crippen LogP contribution >= 0.6 is 0 Å². The Balaban J connectivity index is 1.31. The zero-order valence-electron chi connectivity index (χ0n) is 36.5. The van der Waals surface area contributed by atoms with Crippen molar-refractivity contribution in [2.75, 3.05) is 6.54 Å². The first-order chi connectivity index (χ1) is 30.6. The first-order valence-electron chi connectivity index (χ1n) is 21.5. The van der Waals surface area contributed by atoms with E-state index in [1.54, 1.807) is 87.5 Å². The molecule has 7 atom stereocenters. The number of rotatable bonds is 21. The first-order valence-corrected chi connectivity index (χ1v) is 21.5. The molecule has 0 radical (unpaired) electrons. The molecule has 0 bridgehead atoms. The second-order valence-electron chi connectivity index (χ2n) is 16.6. The summed E-state index contributed by atoms with van der Waals surface area (Å²) in [7, 11) is 0. The van der Waals surface area contributed by atoms with Crippen LogP contribution in [0.5, 0.6) is 5.75 Å². The fraction of sp³-hybridized carbons (Fsp3) is 0.404. The van der Waals surface area contributed by atoms with Crippen molar-refractivity contribution in [1.82, 2.24) is 36.1 Å². The summed E-state index contributed by atoms with van der Waals surface area (Å²) < 4.78 is 0. The normalized spacial score (nSPS) is 16.4. The number of imidazole rings is 1. The molecule has 4 aromatic rings. The lowest BCUT2D eigenvalue weighted by molar-refractivity contribution is -0.145. The second kappa shape index (κ2) is 22.5. The number of H-pyrrole nitrogens is 1. The van der Waals surface area contributed by atoms with Gasteiger partial charge < -0.3 is 47.1 Å². The van der Waals surface area contributed by atoms with Crippen LogP contribution < -0.4 is 27.0 Å². The van der Waals surface area contributed by atoms with Crippen LogP contribution in [0, 0.1) is 11.8 Å². The molecule has 9 N–H and O–H groups in total. The molecular formula is C47H58N8O9. The second-order valence-corrected chi connectivity index (χ2v) is 16.6. The number of carbonyl (C=O) groups excluding carboxylic acids is 6. The summed E-state index contributed by atoms with van der Waals surface area (Å²) in [5, 5.41) is 30.9. The number of phenols is 1. The summed E-state index contributed by atoms with van der Waals surface area (Å²) in [4.78, 5) is 103. The Bertz CT molecular complexity index is 2230. The highest BCUT2D eigenvalue weighted by Crippen LogP contribution is 2.21. The number of hydrogen-bond donors (Lipinski definition) is 8. The van der Waals surface area contributed by atoms with E-state index in [1.807, 2.05) is 6.92 Å². The molecule has 17 nitrogen and oxygen atoms in total. The van der Waals surface area contributed by atoms with Gasteiger partial charge in [0.15, 0.2) is 5.78 Å². The third kappa shape index (κ3) is 12.8. The number of phenolic OH excluding ortho intramolecular Hbond substituents is 1. The van der Waals surface area contributed by atoms with Gasteiger partial charge >= 0.3 is 5.97 Å². The van der Waals surface area contributed by atoms with Gasteiger partial charge in [0.1, 0.15) is 36.0 Å². The minimum absolute atomic E-state index is 0.0155.